The zero-order chi connectivity index (χ0) is 10.7. The molecule has 0 spiro atoms. The van der Waals surface area contributed by atoms with Crippen molar-refractivity contribution in [2.75, 3.05) is 0 Å². The molecule has 0 aliphatic carbocycles. The molecule has 0 radical (unpaired) electrons. The average molecular weight is 207 g/mol. The molecule has 0 fully saturated rings. The van der Waals surface area contributed by atoms with Gasteiger partial charge in [0.15, 0.2) is 0 Å². The number of nitriles is 1. The predicted octanol–water partition coefficient (Wildman–Crippen LogP) is 2.47. The van der Waals surface area contributed by atoms with Crippen LogP contribution in [0.25, 0.3) is 0 Å². The van der Waals surface area contributed by atoms with Crippen molar-refractivity contribution in [3.05, 3.63) is 16.8 Å². The first kappa shape index (κ1) is 11.0. The first-order chi connectivity index (χ1) is 6.56. The SMILES string of the molecule is Cc1nnc(SC(C)C)c(C#N)c1C. The van der Waals surface area contributed by atoms with Crippen LogP contribution in [0.5, 0.6) is 0 Å². The third-order valence-electron chi connectivity index (χ3n) is 1.88. The number of hydrogen-bond donors (Lipinski definition) is 0. The predicted molar refractivity (Wildman–Crippen MR) is 57.2 cm³/mol. The molecule has 1 heterocycles. The van der Waals surface area contributed by atoms with Gasteiger partial charge >= 0.3 is 0 Å². The van der Waals surface area contributed by atoms with Gasteiger partial charge in [-0.25, -0.2) is 0 Å². The van der Waals surface area contributed by atoms with Crippen LogP contribution in [0.3, 0.4) is 0 Å². The third-order valence-corrected chi connectivity index (χ3v) is 2.86. The number of rotatable bonds is 2. The van der Waals surface area contributed by atoms with Crippen molar-refractivity contribution in [1.82, 2.24) is 10.2 Å². The van der Waals surface area contributed by atoms with Crippen molar-refractivity contribution in [3.8, 4) is 6.07 Å². The Balaban J connectivity index is 3.19. The fourth-order valence-electron chi connectivity index (χ4n) is 1.02. The van der Waals surface area contributed by atoms with Gasteiger partial charge in [-0.05, 0) is 19.4 Å². The Morgan fingerprint density at radius 1 is 1.29 bits per heavy atom. The van der Waals surface area contributed by atoms with Gasteiger partial charge in [-0.2, -0.15) is 10.4 Å². The highest BCUT2D eigenvalue weighted by Crippen LogP contribution is 2.25. The van der Waals surface area contributed by atoms with Crippen LogP contribution in [-0.2, 0) is 0 Å². The van der Waals surface area contributed by atoms with Gasteiger partial charge in [0.1, 0.15) is 11.1 Å². The van der Waals surface area contributed by atoms with Crippen LogP contribution in [0.4, 0.5) is 0 Å². The molecule has 14 heavy (non-hydrogen) atoms. The smallest absolute Gasteiger partial charge is 0.137 e. The van der Waals surface area contributed by atoms with Crippen molar-refractivity contribution in [2.24, 2.45) is 0 Å². The van der Waals surface area contributed by atoms with Crippen molar-refractivity contribution in [1.29, 1.82) is 5.26 Å². The highest BCUT2D eigenvalue weighted by atomic mass is 32.2. The molecule has 0 saturated carbocycles. The lowest BCUT2D eigenvalue weighted by Gasteiger charge is -2.07. The van der Waals surface area contributed by atoms with Gasteiger partial charge in [0, 0.05) is 5.25 Å². The first-order valence-corrected chi connectivity index (χ1v) is 5.35. The maximum absolute atomic E-state index is 9.01. The van der Waals surface area contributed by atoms with Crippen molar-refractivity contribution in [3.63, 3.8) is 0 Å². The maximum Gasteiger partial charge on any atom is 0.137 e. The van der Waals surface area contributed by atoms with Crippen LogP contribution >= 0.6 is 11.8 Å². The Bertz CT molecular complexity index is 380. The van der Waals surface area contributed by atoms with E-state index >= 15 is 0 Å². The second kappa shape index (κ2) is 4.43. The van der Waals surface area contributed by atoms with Gasteiger partial charge in [0.05, 0.1) is 11.3 Å². The summed E-state index contributed by atoms with van der Waals surface area (Å²) < 4.78 is 0. The van der Waals surface area contributed by atoms with Gasteiger partial charge in [-0.15, -0.1) is 16.9 Å². The molecule has 1 aromatic rings. The van der Waals surface area contributed by atoms with E-state index in [0.717, 1.165) is 16.3 Å². The molecule has 0 unspecified atom stereocenters. The van der Waals surface area contributed by atoms with E-state index in [4.69, 9.17) is 5.26 Å². The lowest BCUT2D eigenvalue weighted by Crippen LogP contribution is -2.00. The van der Waals surface area contributed by atoms with Crippen molar-refractivity contribution < 1.29 is 0 Å². The summed E-state index contributed by atoms with van der Waals surface area (Å²) >= 11 is 1.58. The normalized spacial score (nSPS) is 10.3. The molecule has 4 heteroatoms. The van der Waals surface area contributed by atoms with Crippen molar-refractivity contribution >= 4 is 11.8 Å². The summed E-state index contributed by atoms with van der Waals surface area (Å²) in [5.41, 5.74) is 2.43. The molecular weight excluding hydrogens is 194 g/mol. The van der Waals surface area contributed by atoms with E-state index < -0.39 is 0 Å². The van der Waals surface area contributed by atoms with Gasteiger partial charge in [0.25, 0.3) is 0 Å². The Morgan fingerprint density at radius 2 is 1.93 bits per heavy atom. The van der Waals surface area contributed by atoms with E-state index in [1.807, 2.05) is 13.8 Å². The van der Waals surface area contributed by atoms with E-state index in [0.29, 0.717) is 10.8 Å². The lowest BCUT2D eigenvalue weighted by atomic mass is 10.1. The Hall–Kier alpha value is -1.08. The topological polar surface area (TPSA) is 49.6 Å². The number of aryl methyl sites for hydroxylation is 1. The maximum atomic E-state index is 9.01. The highest BCUT2D eigenvalue weighted by molar-refractivity contribution is 7.99. The van der Waals surface area contributed by atoms with Crippen LogP contribution in [0.2, 0.25) is 0 Å². The minimum atomic E-state index is 0.415. The van der Waals surface area contributed by atoms with Crippen LogP contribution in [-0.4, -0.2) is 15.4 Å². The molecule has 1 rings (SSSR count). The molecule has 0 bridgehead atoms. The van der Waals surface area contributed by atoms with Crippen LogP contribution < -0.4 is 0 Å². The fraction of sp³-hybridized carbons (Fsp3) is 0.500. The largest absolute Gasteiger partial charge is 0.192 e. The number of thioether (sulfide) groups is 1. The van der Waals surface area contributed by atoms with Crippen LogP contribution in [0.15, 0.2) is 5.03 Å². The van der Waals surface area contributed by atoms with Crippen molar-refractivity contribution in [2.45, 2.75) is 38.0 Å². The third kappa shape index (κ3) is 2.24. The molecule has 1 aromatic heterocycles. The molecular formula is C10H13N3S. The minimum absolute atomic E-state index is 0.415. The molecule has 0 atom stereocenters. The van der Waals surface area contributed by atoms with E-state index in [1.54, 1.807) is 11.8 Å². The van der Waals surface area contributed by atoms with E-state index in [9.17, 15) is 0 Å². The number of aromatic nitrogens is 2. The Kier molecular flexibility index (Phi) is 3.48. The number of nitrogens with zero attached hydrogens (tertiary/aromatic N) is 3. The van der Waals surface area contributed by atoms with Crippen LogP contribution in [0.1, 0.15) is 30.7 Å². The minimum Gasteiger partial charge on any atom is -0.192 e. The monoisotopic (exact) mass is 207 g/mol. The van der Waals surface area contributed by atoms with E-state index in [2.05, 4.69) is 30.1 Å². The summed E-state index contributed by atoms with van der Waals surface area (Å²) in [5, 5.41) is 18.2. The second-order valence-corrected chi connectivity index (χ2v) is 4.93. The summed E-state index contributed by atoms with van der Waals surface area (Å²) in [6.07, 6.45) is 0. The summed E-state index contributed by atoms with van der Waals surface area (Å²) in [6.45, 7) is 7.92. The second-order valence-electron chi connectivity index (χ2n) is 3.37. The van der Waals surface area contributed by atoms with Crippen LogP contribution in [0, 0.1) is 25.2 Å². The zero-order valence-electron chi connectivity index (χ0n) is 8.83. The quantitative estimate of drug-likeness (QED) is 0.699. The highest BCUT2D eigenvalue weighted by Gasteiger charge is 2.12. The zero-order valence-corrected chi connectivity index (χ0v) is 9.64. The van der Waals surface area contributed by atoms with Gasteiger partial charge in [-0.3, -0.25) is 0 Å². The Labute approximate surface area is 88.5 Å². The van der Waals surface area contributed by atoms with E-state index in [-0.39, 0.29) is 0 Å². The first-order valence-electron chi connectivity index (χ1n) is 4.47. The summed E-state index contributed by atoms with van der Waals surface area (Å²) in [7, 11) is 0. The molecule has 0 N–H and O–H groups in total. The van der Waals surface area contributed by atoms with Gasteiger partial charge < -0.3 is 0 Å². The van der Waals surface area contributed by atoms with E-state index in [1.165, 1.54) is 0 Å². The summed E-state index contributed by atoms with van der Waals surface area (Å²) in [4.78, 5) is 0. The molecule has 0 amide bonds. The standard InChI is InChI=1S/C10H13N3S/c1-6(2)14-10-9(5-11)7(3)8(4)12-13-10/h6H,1-4H3. The summed E-state index contributed by atoms with van der Waals surface area (Å²) in [6, 6.07) is 2.19. The molecule has 3 nitrogen and oxygen atoms in total. The molecule has 0 aliphatic rings. The average Bonchev–Trinajstić information content (AvgIpc) is 2.11. The molecule has 74 valence electrons. The molecule has 0 aliphatic heterocycles. The fourth-order valence-corrected chi connectivity index (χ4v) is 1.88. The Morgan fingerprint density at radius 3 is 2.43 bits per heavy atom. The molecule has 0 saturated heterocycles. The van der Waals surface area contributed by atoms with Gasteiger partial charge in [0.2, 0.25) is 0 Å². The lowest BCUT2D eigenvalue weighted by molar-refractivity contribution is 0.867. The molecule has 0 aromatic carbocycles. The summed E-state index contributed by atoms with van der Waals surface area (Å²) in [5.74, 6) is 0. The van der Waals surface area contributed by atoms with Gasteiger partial charge in [-0.1, -0.05) is 13.8 Å². The number of hydrogen-bond acceptors (Lipinski definition) is 4.